The lowest BCUT2D eigenvalue weighted by Gasteiger charge is -2.04. The molecular weight excluding hydrogens is 238 g/mol. The van der Waals surface area contributed by atoms with E-state index in [1.54, 1.807) is 17.0 Å². The quantitative estimate of drug-likeness (QED) is 0.703. The Kier molecular flexibility index (Phi) is 2.83. The van der Waals surface area contributed by atoms with Gasteiger partial charge < -0.3 is 0 Å². The second kappa shape index (κ2) is 4.65. The van der Waals surface area contributed by atoms with Crippen LogP contribution in [0.3, 0.4) is 0 Å². The predicted molar refractivity (Wildman–Crippen MR) is 73.0 cm³/mol. The van der Waals surface area contributed by atoms with Crippen LogP contribution in [0.15, 0.2) is 48.8 Å². The van der Waals surface area contributed by atoms with Gasteiger partial charge in [-0.05, 0) is 19.1 Å². The molecule has 0 bridgehead atoms. The summed E-state index contributed by atoms with van der Waals surface area (Å²) >= 11 is 0. The fourth-order valence-corrected chi connectivity index (χ4v) is 2.09. The number of rotatable bonds is 2. The molecule has 3 rings (SSSR count). The Hall–Kier alpha value is -2.49. The van der Waals surface area contributed by atoms with Crippen LogP contribution in [0.2, 0.25) is 0 Å². The standard InChI is InChI=1S/C15H13N3O/c1-11-16-8-9-18(11)15(19)10-13-7-6-12-4-2-3-5-14(12)17-13/h2-9H,10H2,1H3. The first kappa shape index (κ1) is 11.6. The molecule has 0 amide bonds. The number of pyridine rings is 1. The summed E-state index contributed by atoms with van der Waals surface area (Å²) in [6.07, 6.45) is 3.59. The van der Waals surface area contributed by atoms with E-state index in [0.29, 0.717) is 5.82 Å². The maximum atomic E-state index is 12.1. The molecule has 0 spiro atoms. The summed E-state index contributed by atoms with van der Waals surface area (Å²) < 4.78 is 1.55. The molecule has 0 aliphatic rings. The number of imidazole rings is 1. The third-order valence-electron chi connectivity index (χ3n) is 3.08. The molecule has 19 heavy (non-hydrogen) atoms. The zero-order chi connectivity index (χ0) is 13.2. The molecule has 0 fully saturated rings. The summed E-state index contributed by atoms with van der Waals surface area (Å²) in [4.78, 5) is 20.7. The van der Waals surface area contributed by atoms with E-state index >= 15 is 0 Å². The first-order valence-electron chi connectivity index (χ1n) is 6.12. The summed E-state index contributed by atoms with van der Waals surface area (Å²) in [5, 5.41) is 1.08. The van der Waals surface area contributed by atoms with Crippen LogP contribution in [0.5, 0.6) is 0 Å². The Labute approximate surface area is 110 Å². The van der Waals surface area contributed by atoms with Crippen LogP contribution in [0.1, 0.15) is 16.3 Å². The summed E-state index contributed by atoms with van der Waals surface area (Å²) in [5.74, 6) is 0.684. The molecule has 0 unspecified atom stereocenters. The minimum Gasteiger partial charge on any atom is -0.274 e. The van der Waals surface area contributed by atoms with Crippen molar-refractivity contribution in [3.63, 3.8) is 0 Å². The first-order chi connectivity index (χ1) is 9.24. The number of benzene rings is 1. The van der Waals surface area contributed by atoms with Crippen molar-refractivity contribution in [3.8, 4) is 0 Å². The highest BCUT2D eigenvalue weighted by Gasteiger charge is 2.09. The summed E-state index contributed by atoms with van der Waals surface area (Å²) in [6, 6.07) is 11.8. The molecule has 1 aromatic carbocycles. The lowest BCUT2D eigenvalue weighted by Crippen LogP contribution is -2.14. The number of carbonyl (C=O) groups is 1. The van der Waals surface area contributed by atoms with Crippen LogP contribution >= 0.6 is 0 Å². The molecule has 4 nitrogen and oxygen atoms in total. The lowest BCUT2D eigenvalue weighted by atomic mass is 10.2. The molecule has 0 saturated heterocycles. The largest absolute Gasteiger partial charge is 0.274 e. The van der Waals surface area contributed by atoms with Crippen LogP contribution in [0.25, 0.3) is 10.9 Å². The monoisotopic (exact) mass is 251 g/mol. The van der Waals surface area contributed by atoms with Crippen molar-refractivity contribution in [1.29, 1.82) is 0 Å². The molecule has 0 aliphatic carbocycles. The summed E-state index contributed by atoms with van der Waals surface area (Å²) in [7, 11) is 0. The molecule has 0 atom stereocenters. The van der Waals surface area contributed by atoms with E-state index in [1.807, 2.05) is 43.3 Å². The molecule has 4 heteroatoms. The fraction of sp³-hybridized carbons (Fsp3) is 0.133. The van der Waals surface area contributed by atoms with Gasteiger partial charge in [0, 0.05) is 17.8 Å². The Morgan fingerprint density at radius 3 is 2.84 bits per heavy atom. The number of carbonyl (C=O) groups excluding carboxylic acids is 1. The summed E-state index contributed by atoms with van der Waals surface area (Å²) in [6.45, 7) is 1.81. The molecular formula is C15H13N3O. The Balaban J connectivity index is 1.89. The average molecular weight is 251 g/mol. The number of nitrogens with zero attached hydrogens (tertiary/aromatic N) is 3. The van der Waals surface area contributed by atoms with E-state index in [0.717, 1.165) is 16.6 Å². The minimum absolute atomic E-state index is 0.0159. The van der Waals surface area contributed by atoms with Crippen molar-refractivity contribution in [2.24, 2.45) is 0 Å². The number of para-hydroxylation sites is 1. The lowest BCUT2D eigenvalue weighted by molar-refractivity contribution is 0.0910. The number of fused-ring (bicyclic) bond motifs is 1. The minimum atomic E-state index is -0.0159. The van der Waals surface area contributed by atoms with E-state index in [1.165, 1.54) is 0 Å². The number of aromatic nitrogens is 3. The third kappa shape index (κ3) is 2.25. The number of aryl methyl sites for hydroxylation is 1. The van der Waals surface area contributed by atoms with Crippen LogP contribution in [-0.2, 0) is 6.42 Å². The smallest absolute Gasteiger partial charge is 0.238 e. The summed E-state index contributed by atoms with van der Waals surface area (Å²) in [5.41, 5.74) is 1.69. The zero-order valence-corrected chi connectivity index (χ0v) is 10.6. The van der Waals surface area contributed by atoms with Crippen molar-refractivity contribution < 1.29 is 4.79 Å². The predicted octanol–water partition coefficient (Wildman–Crippen LogP) is 2.62. The van der Waals surface area contributed by atoms with Gasteiger partial charge in [-0.3, -0.25) is 14.3 Å². The van der Waals surface area contributed by atoms with Gasteiger partial charge in [-0.1, -0.05) is 24.3 Å². The average Bonchev–Trinajstić information content (AvgIpc) is 2.85. The van der Waals surface area contributed by atoms with E-state index in [-0.39, 0.29) is 12.3 Å². The fourth-order valence-electron chi connectivity index (χ4n) is 2.09. The van der Waals surface area contributed by atoms with E-state index in [4.69, 9.17) is 0 Å². The number of hydrogen-bond donors (Lipinski definition) is 0. The second-order valence-corrected chi connectivity index (χ2v) is 4.41. The molecule has 2 aromatic heterocycles. The maximum absolute atomic E-state index is 12.1. The molecule has 2 heterocycles. The Bertz CT molecular complexity index is 746. The normalized spacial score (nSPS) is 10.8. The van der Waals surface area contributed by atoms with Gasteiger partial charge in [-0.25, -0.2) is 4.98 Å². The zero-order valence-electron chi connectivity index (χ0n) is 10.6. The third-order valence-corrected chi connectivity index (χ3v) is 3.08. The maximum Gasteiger partial charge on any atom is 0.238 e. The molecule has 3 aromatic rings. The first-order valence-corrected chi connectivity index (χ1v) is 6.12. The molecule has 0 saturated carbocycles. The molecule has 0 N–H and O–H groups in total. The SMILES string of the molecule is Cc1nccn1C(=O)Cc1ccc2ccccc2n1. The van der Waals surface area contributed by atoms with Crippen LogP contribution in [0, 0.1) is 6.92 Å². The van der Waals surface area contributed by atoms with Gasteiger partial charge in [0.05, 0.1) is 17.6 Å². The van der Waals surface area contributed by atoms with Gasteiger partial charge in [0.25, 0.3) is 0 Å². The van der Waals surface area contributed by atoms with Gasteiger partial charge in [-0.2, -0.15) is 0 Å². The van der Waals surface area contributed by atoms with Crippen molar-refractivity contribution in [3.05, 3.63) is 60.3 Å². The van der Waals surface area contributed by atoms with Gasteiger partial charge in [0.2, 0.25) is 5.91 Å². The van der Waals surface area contributed by atoms with E-state index < -0.39 is 0 Å². The van der Waals surface area contributed by atoms with Gasteiger partial charge in [-0.15, -0.1) is 0 Å². The van der Waals surface area contributed by atoms with Crippen LogP contribution in [-0.4, -0.2) is 20.4 Å². The Morgan fingerprint density at radius 1 is 1.21 bits per heavy atom. The van der Waals surface area contributed by atoms with Crippen molar-refractivity contribution in [1.82, 2.24) is 14.5 Å². The molecule has 94 valence electrons. The van der Waals surface area contributed by atoms with Crippen molar-refractivity contribution >= 4 is 16.8 Å². The van der Waals surface area contributed by atoms with Crippen LogP contribution < -0.4 is 0 Å². The van der Waals surface area contributed by atoms with E-state index in [2.05, 4.69) is 9.97 Å². The highest BCUT2D eigenvalue weighted by Crippen LogP contribution is 2.12. The van der Waals surface area contributed by atoms with Gasteiger partial charge in [0.1, 0.15) is 5.82 Å². The molecule has 0 radical (unpaired) electrons. The number of hydrogen-bond acceptors (Lipinski definition) is 3. The second-order valence-electron chi connectivity index (χ2n) is 4.41. The topological polar surface area (TPSA) is 47.8 Å². The highest BCUT2D eigenvalue weighted by atomic mass is 16.2. The molecule has 0 aliphatic heterocycles. The Morgan fingerprint density at radius 2 is 2.05 bits per heavy atom. The van der Waals surface area contributed by atoms with Crippen molar-refractivity contribution in [2.45, 2.75) is 13.3 Å². The van der Waals surface area contributed by atoms with Gasteiger partial charge in [0.15, 0.2) is 0 Å². The highest BCUT2D eigenvalue weighted by molar-refractivity contribution is 5.83. The van der Waals surface area contributed by atoms with Crippen molar-refractivity contribution in [2.75, 3.05) is 0 Å². The van der Waals surface area contributed by atoms with Crippen LogP contribution in [0.4, 0.5) is 0 Å². The van der Waals surface area contributed by atoms with E-state index in [9.17, 15) is 4.79 Å². The van der Waals surface area contributed by atoms with Gasteiger partial charge >= 0.3 is 0 Å².